The molecule has 2 rings (SSSR count). The maximum atomic E-state index is 11.5. The first-order chi connectivity index (χ1) is 10.9. The van der Waals surface area contributed by atoms with Crippen molar-refractivity contribution in [3.63, 3.8) is 0 Å². The molecule has 1 aromatic heterocycles. The molecule has 0 saturated heterocycles. The summed E-state index contributed by atoms with van der Waals surface area (Å²) in [5.41, 5.74) is 1.46. The lowest BCUT2D eigenvalue weighted by atomic mass is 9.79. The van der Waals surface area contributed by atoms with Gasteiger partial charge in [0, 0.05) is 16.8 Å². The molecule has 6 nitrogen and oxygen atoms in total. The Kier molecular flexibility index (Phi) is 4.59. The van der Waals surface area contributed by atoms with Crippen LogP contribution in [-0.4, -0.2) is 20.1 Å². The maximum Gasteiger partial charge on any atom is 0.327 e. The van der Waals surface area contributed by atoms with Gasteiger partial charge in [-0.25, -0.2) is 4.79 Å². The zero-order chi connectivity index (χ0) is 18.3. The molecule has 0 fully saturated rings. The monoisotopic (exact) mass is 348 g/mol. The van der Waals surface area contributed by atoms with E-state index in [-0.39, 0.29) is 21.5 Å². The Hall–Kier alpha value is -2.15. The van der Waals surface area contributed by atoms with Crippen molar-refractivity contribution in [3.8, 4) is 5.75 Å². The predicted molar refractivity (Wildman–Crippen MR) is 98.8 cm³/mol. The number of aromatic hydroxyl groups is 1. The lowest BCUT2D eigenvalue weighted by Gasteiger charge is -2.28. The first-order valence-corrected chi connectivity index (χ1v) is 8.14. The number of hydrogen-bond acceptors (Lipinski definition) is 5. The number of nitrogens with one attached hydrogen (secondary N) is 3. The number of aromatic nitrogens is 3. The van der Waals surface area contributed by atoms with Gasteiger partial charge in [0.15, 0.2) is 0 Å². The molecule has 24 heavy (non-hydrogen) atoms. The van der Waals surface area contributed by atoms with Crippen molar-refractivity contribution in [2.24, 2.45) is 0 Å². The highest BCUT2D eigenvalue weighted by molar-refractivity contribution is 7.71. The summed E-state index contributed by atoms with van der Waals surface area (Å²) in [6.07, 6.45) is 0. The summed E-state index contributed by atoms with van der Waals surface area (Å²) in [4.78, 5) is 20.5. The van der Waals surface area contributed by atoms with Crippen molar-refractivity contribution in [1.29, 1.82) is 0 Å². The number of rotatable bonds is 2. The third-order valence-corrected chi connectivity index (χ3v) is 3.85. The van der Waals surface area contributed by atoms with E-state index >= 15 is 0 Å². The van der Waals surface area contributed by atoms with E-state index in [9.17, 15) is 9.90 Å². The van der Waals surface area contributed by atoms with E-state index in [1.165, 1.54) is 0 Å². The van der Waals surface area contributed by atoms with Crippen LogP contribution < -0.4 is 11.0 Å². The molecule has 0 bridgehead atoms. The number of nitrogens with zero attached hydrogens (tertiary/aromatic N) is 1. The number of benzene rings is 1. The standard InChI is InChI=1S/C17H24N4O2S/c1-16(2,3)10-7-9(8-11(12(10)22)17(4,5)6)18-13-19-14(23)21-15(24)20-13/h7-8,22H,1-6H3,(H3,18,19,20,21,23,24). The van der Waals surface area contributed by atoms with Crippen LogP contribution in [0.1, 0.15) is 52.7 Å². The van der Waals surface area contributed by atoms with E-state index in [1.807, 2.05) is 53.7 Å². The van der Waals surface area contributed by atoms with Crippen LogP contribution in [-0.2, 0) is 10.8 Å². The summed E-state index contributed by atoms with van der Waals surface area (Å²) < 4.78 is 0.104. The Morgan fingerprint density at radius 1 is 1.04 bits per heavy atom. The molecule has 0 radical (unpaired) electrons. The fourth-order valence-electron chi connectivity index (χ4n) is 2.44. The van der Waals surface area contributed by atoms with Gasteiger partial charge < -0.3 is 10.4 Å². The first kappa shape index (κ1) is 18.2. The van der Waals surface area contributed by atoms with Gasteiger partial charge in [-0.15, -0.1) is 0 Å². The minimum atomic E-state index is -0.427. The lowest BCUT2D eigenvalue weighted by molar-refractivity contribution is 0.423. The van der Waals surface area contributed by atoms with E-state index in [4.69, 9.17) is 12.2 Å². The smallest absolute Gasteiger partial charge is 0.327 e. The molecule has 2 aromatic rings. The summed E-state index contributed by atoms with van der Waals surface area (Å²) in [6.45, 7) is 12.2. The normalized spacial score (nSPS) is 12.2. The van der Waals surface area contributed by atoms with Crippen LogP contribution in [0, 0.1) is 4.77 Å². The van der Waals surface area contributed by atoms with Crippen molar-refractivity contribution < 1.29 is 5.11 Å². The SMILES string of the molecule is CC(C)(C)c1cc(Nc2nc(=S)[nH]c(=O)[nH]2)cc(C(C)(C)C)c1O. The Morgan fingerprint density at radius 3 is 1.96 bits per heavy atom. The first-order valence-electron chi connectivity index (χ1n) is 7.73. The van der Waals surface area contributed by atoms with E-state index < -0.39 is 5.69 Å². The van der Waals surface area contributed by atoms with Crippen molar-refractivity contribution in [1.82, 2.24) is 15.0 Å². The molecule has 0 spiro atoms. The van der Waals surface area contributed by atoms with Gasteiger partial charge in [-0.05, 0) is 35.2 Å². The minimum Gasteiger partial charge on any atom is -0.507 e. The van der Waals surface area contributed by atoms with Crippen molar-refractivity contribution in [3.05, 3.63) is 38.5 Å². The highest BCUT2D eigenvalue weighted by Crippen LogP contribution is 2.41. The Bertz CT molecular complexity index is 806. The lowest BCUT2D eigenvalue weighted by Crippen LogP contribution is -2.18. The third-order valence-electron chi connectivity index (χ3n) is 3.65. The molecule has 0 unspecified atom stereocenters. The Balaban J connectivity index is 2.62. The number of H-pyrrole nitrogens is 2. The van der Waals surface area contributed by atoms with Crippen molar-refractivity contribution in [2.75, 3.05) is 5.32 Å². The van der Waals surface area contributed by atoms with Gasteiger partial charge in [-0.1, -0.05) is 41.5 Å². The molecule has 0 aliphatic carbocycles. The predicted octanol–water partition coefficient (Wildman–Crippen LogP) is 3.87. The molecule has 130 valence electrons. The fraction of sp³-hybridized carbons (Fsp3) is 0.471. The summed E-state index contributed by atoms with van der Waals surface area (Å²) in [6, 6.07) is 3.73. The van der Waals surface area contributed by atoms with Crippen LogP contribution in [0.2, 0.25) is 0 Å². The molecule has 0 atom stereocenters. The second-order valence-electron chi connectivity index (χ2n) is 7.89. The molecule has 4 N–H and O–H groups in total. The molecule has 0 aliphatic heterocycles. The van der Waals surface area contributed by atoms with Gasteiger partial charge in [0.25, 0.3) is 0 Å². The van der Waals surface area contributed by atoms with Gasteiger partial charge in [-0.3, -0.25) is 9.97 Å². The molecule has 7 heteroatoms. The number of anilines is 2. The van der Waals surface area contributed by atoms with Gasteiger partial charge >= 0.3 is 5.69 Å². The summed E-state index contributed by atoms with van der Waals surface area (Å²) >= 11 is 4.93. The van der Waals surface area contributed by atoms with E-state index in [2.05, 4.69) is 20.3 Å². The number of phenols is 1. The molecule has 1 heterocycles. The van der Waals surface area contributed by atoms with Gasteiger partial charge in [0.1, 0.15) is 5.75 Å². The second-order valence-corrected chi connectivity index (χ2v) is 8.28. The summed E-state index contributed by atoms with van der Waals surface area (Å²) in [5.74, 6) is 0.557. The Morgan fingerprint density at radius 2 is 1.54 bits per heavy atom. The molecule has 0 amide bonds. The Labute approximate surface area is 146 Å². The summed E-state index contributed by atoms with van der Waals surface area (Å²) in [7, 11) is 0. The molecule has 0 aliphatic rings. The van der Waals surface area contributed by atoms with Crippen LogP contribution in [0.5, 0.6) is 5.75 Å². The zero-order valence-corrected chi connectivity index (χ0v) is 15.7. The van der Waals surface area contributed by atoms with Crippen LogP contribution in [0.4, 0.5) is 11.6 Å². The zero-order valence-electron chi connectivity index (χ0n) is 14.9. The number of hydrogen-bond donors (Lipinski definition) is 4. The topological polar surface area (TPSA) is 93.8 Å². The van der Waals surface area contributed by atoms with E-state index in [1.54, 1.807) is 0 Å². The van der Waals surface area contributed by atoms with E-state index in [0.29, 0.717) is 5.75 Å². The average Bonchev–Trinajstić information content (AvgIpc) is 2.36. The highest BCUT2D eigenvalue weighted by Gasteiger charge is 2.26. The minimum absolute atomic E-state index is 0.104. The quantitative estimate of drug-likeness (QED) is 0.488. The van der Waals surface area contributed by atoms with Crippen LogP contribution in [0.15, 0.2) is 16.9 Å². The average molecular weight is 348 g/mol. The van der Waals surface area contributed by atoms with Gasteiger partial charge in [0.2, 0.25) is 10.7 Å². The van der Waals surface area contributed by atoms with Crippen LogP contribution >= 0.6 is 12.2 Å². The molecular weight excluding hydrogens is 324 g/mol. The van der Waals surface area contributed by atoms with E-state index in [0.717, 1.165) is 16.8 Å². The van der Waals surface area contributed by atoms with Crippen molar-refractivity contribution >= 4 is 23.9 Å². The number of aromatic amines is 2. The fourth-order valence-corrected chi connectivity index (χ4v) is 2.62. The molecule has 1 aromatic carbocycles. The second kappa shape index (κ2) is 6.05. The summed E-state index contributed by atoms with van der Waals surface area (Å²) in [5, 5.41) is 13.8. The maximum absolute atomic E-state index is 11.5. The largest absolute Gasteiger partial charge is 0.507 e. The van der Waals surface area contributed by atoms with Crippen molar-refractivity contribution in [2.45, 2.75) is 52.4 Å². The van der Waals surface area contributed by atoms with Gasteiger partial charge in [-0.2, -0.15) is 4.98 Å². The number of phenolic OH excluding ortho intramolecular Hbond substituents is 1. The molecular formula is C17H24N4O2S. The van der Waals surface area contributed by atoms with Crippen LogP contribution in [0.25, 0.3) is 0 Å². The molecule has 0 saturated carbocycles. The third kappa shape index (κ3) is 4.03. The highest BCUT2D eigenvalue weighted by atomic mass is 32.1. The van der Waals surface area contributed by atoms with Gasteiger partial charge in [0.05, 0.1) is 0 Å². The van der Waals surface area contributed by atoms with Crippen LogP contribution in [0.3, 0.4) is 0 Å².